The van der Waals surface area contributed by atoms with Gasteiger partial charge < -0.3 is 14.2 Å². The van der Waals surface area contributed by atoms with Crippen LogP contribution in [0.15, 0.2) is 23.2 Å². The normalized spacial score (nSPS) is 14.6. The number of nitrogens with zero attached hydrogens (tertiary/aromatic N) is 4. The Bertz CT molecular complexity index is 1070. The van der Waals surface area contributed by atoms with Crippen molar-refractivity contribution in [2.75, 3.05) is 31.7 Å². The van der Waals surface area contributed by atoms with E-state index in [0.29, 0.717) is 10.2 Å². The highest BCUT2D eigenvalue weighted by molar-refractivity contribution is 8.00. The van der Waals surface area contributed by atoms with Crippen LogP contribution in [0.3, 0.4) is 0 Å². The Morgan fingerprint density at radius 2 is 1.97 bits per heavy atom. The van der Waals surface area contributed by atoms with Gasteiger partial charge in [0.05, 0.1) is 33.8 Å². The Labute approximate surface area is 186 Å². The molecule has 0 unspecified atom stereocenters. The molecule has 10 nitrogen and oxygen atoms in total. The third-order valence-corrected chi connectivity index (χ3v) is 6.72. The molecular formula is C19H22N4O6S2. The minimum atomic E-state index is -0.534. The van der Waals surface area contributed by atoms with E-state index in [1.165, 1.54) is 41.6 Å². The van der Waals surface area contributed by atoms with E-state index >= 15 is 0 Å². The van der Waals surface area contributed by atoms with Gasteiger partial charge in [-0.3, -0.25) is 24.5 Å². The molecule has 1 aliphatic heterocycles. The third kappa shape index (κ3) is 5.91. The summed E-state index contributed by atoms with van der Waals surface area (Å²) in [6.45, 7) is 1.35. The van der Waals surface area contributed by atoms with Gasteiger partial charge in [-0.1, -0.05) is 11.3 Å². The lowest BCUT2D eigenvalue weighted by atomic mass is 10.1. The molecular weight excluding hydrogens is 444 g/mol. The fraction of sp³-hybridized carbons (Fsp3) is 0.474. The summed E-state index contributed by atoms with van der Waals surface area (Å²) in [5.74, 6) is -0.731. The highest BCUT2D eigenvalue weighted by Gasteiger charge is 2.18. The molecule has 1 aromatic heterocycles. The first-order valence-corrected chi connectivity index (χ1v) is 11.6. The first-order valence-electron chi connectivity index (χ1n) is 9.66. The van der Waals surface area contributed by atoms with Crippen molar-refractivity contribution in [3.63, 3.8) is 0 Å². The number of nitro groups is 1. The molecule has 1 fully saturated rings. The van der Waals surface area contributed by atoms with Gasteiger partial charge >= 0.3 is 5.97 Å². The van der Waals surface area contributed by atoms with E-state index < -0.39 is 16.8 Å². The maximum absolute atomic E-state index is 12.4. The summed E-state index contributed by atoms with van der Waals surface area (Å²) in [7, 11) is 1.25. The van der Waals surface area contributed by atoms with Gasteiger partial charge in [0.2, 0.25) is 5.91 Å². The molecule has 0 saturated carbocycles. The number of amides is 2. The number of rotatable bonds is 7. The lowest BCUT2D eigenvalue weighted by Gasteiger charge is -2.26. The Balaban J connectivity index is 1.76. The van der Waals surface area contributed by atoms with Crippen LogP contribution in [0.1, 0.15) is 19.3 Å². The van der Waals surface area contributed by atoms with Gasteiger partial charge in [0.25, 0.3) is 11.6 Å². The van der Waals surface area contributed by atoms with Crippen molar-refractivity contribution in [1.29, 1.82) is 0 Å². The Morgan fingerprint density at radius 3 is 2.65 bits per heavy atom. The number of non-ortho nitro benzene ring substituents is 1. The lowest BCUT2D eigenvalue weighted by Crippen LogP contribution is -2.36. The van der Waals surface area contributed by atoms with Crippen LogP contribution in [0.2, 0.25) is 0 Å². The van der Waals surface area contributed by atoms with Crippen LogP contribution in [0, 0.1) is 10.1 Å². The number of thioether (sulfide) groups is 1. The van der Waals surface area contributed by atoms with Crippen LogP contribution in [0.25, 0.3) is 10.2 Å². The van der Waals surface area contributed by atoms with Gasteiger partial charge in [0.1, 0.15) is 6.54 Å². The monoisotopic (exact) mass is 466 g/mol. The molecule has 0 N–H and O–H groups in total. The highest BCUT2D eigenvalue weighted by Crippen LogP contribution is 2.23. The molecule has 1 aromatic carbocycles. The first kappa shape index (κ1) is 22.9. The van der Waals surface area contributed by atoms with Crippen LogP contribution in [-0.2, 0) is 25.7 Å². The van der Waals surface area contributed by atoms with Gasteiger partial charge in [-0.05, 0) is 25.3 Å². The lowest BCUT2D eigenvalue weighted by molar-refractivity contribution is -0.384. The van der Waals surface area contributed by atoms with Crippen LogP contribution >= 0.6 is 23.1 Å². The third-order valence-electron chi connectivity index (χ3n) is 4.77. The second-order valence-corrected chi connectivity index (χ2v) is 8.89. The Hall–Kier alpha value is -2.73. The number of carbonyl (C=O) groups is 3. The number of nitro benzene ring substituents is 1. The van der Waals surface area contributed by atoms with Crippen molar-refractivity contribution >= 4 is 56.8 Å². The number of hydrogen-bond donors (Lipinski definition) is 0. The molecule has 2 amide bonds. The van der Waals surface area contributed by atoms with Crippen molar-refractivity contribution in [1.82, 2.24) is 9.47 Å². The summed E-state index contributed by atoms with van der Waals surface area (Å²) in [6.07, 6.45) is 3.15. The van der Waals surface area contributed by atoms with Crippen molar-refractivity contribution in [3.8, 4) is 0 Å². The van der Waals surface area contributed by atoms with Gasteiger partial charge in [-0.2, -0.15) is 4.99 Å². The summed E-state index contributed by atoms with van der Waals surface area (Å²) in [5, 5.41) is 11.0. The predicted octanol–water partition coefficient (Wildman–Crippen LogP) is 1.96. The van der Waals surface area contributed by atoms with E-state index in [4.69, 9.17) is 4.74 Å². The van der Waals surface area contributed by atoms with Crippen molar-refractivity contribution in [2.45, 2.75) is 25.8 Å². The largest absolute Gasteiger partial charge is 0.468 e. The van der Waals surface area contributed by atoms with E-state index in [-0.39, 0.29) is 34.4 Å². The summed E-state index contributed by atoms with van der Waals surface area (Å²) in [5.41, 5.74) is 0.448. The van der Waals surface area contributed by atoms with Crippen LogP contribution < -0.4 is 4.80 Å². The van der Waals surface area contributed by atoms with E-state index in [0.717, 1.165) is 43.7 Å². The van der Waals surface area contributed by atoms with Gasteiger partial charge in [0.15, 0.2) is 4.80 Å². The van der Waals surface area contributed by atoms with Gasteiger partial charge in [-0.25, -0.2) is 0 Å². The number of benzene rings is 1. The smallest absolute Gasteiger partial charge is 0.325 e. The van der Waals surface area contributed by atoms with E-state index in [2.05, 4.69) is 4.99 Å². The minimum Gasteiger partial charge on any atom is -0.468 e. The molecule has 12 heteroatoms. The maximum atomic E-state index is 12.4. The summed E-state index contributed by atoms with van der Waals surface area (Å²) >= 11 is 2.28. The number of methoxy groups -OCH3 is 1. The van der Waals surface area contributed by atoms with Crippen molar-refractivity contribution in [3.05, 3.63) is 33.1 Å². The SMILES string of the molecule is COC(=O)Cn1c(=NC(=O)CSCC(=O)N2CCCCC2)sc2cc([N+](=O)[O-])ccc21. The molecule has 1 aliphatic rings. The standard InChI is InChI=1S/C19H22N4O6S2/c1-29-18(26)10-22-14-6-5-13(23(27)28)9-15(14)31-19(22)20-16(24)11-30-12-17(25)21-7-3-2-4-8-21/h5-6,9H,2-4,7-8,10-12H2,1H3. The van der Waals surface area contributed by atoms with Crippen LogP contribution in [-0.4, -0.2) is 63.9 Å². The minimum absolute atomic E-state index is 0.0200. The van der Waals surface area contributed by atoms with Gasteiger partial charge in [0, 0.05) is 25.2 Å². The number of fused-ring (bicyclic) bond motifs is 1. The highest BCUT2D eigenvalue weighted by atomic mass is 32.2. The number of ether oxygens (including phenoxy) is 1. The molecule has 0 bridgehead atoms. The molecule has 0 spiro atoms. The first-order chi connectivity index (χ1) is 14.9. The van der Waals surface area contributed by atoms with Crippen molar-refractivity contribution in [2.24, 2.45) is 4.99 Å². The van der Waals surface area contributed by atoms with Crippen molar-refractivity contribution < 1.29 is 24.0 Å². The number of piperidine rings is 1. The quantitative estimate of drug-likeness (QED) is 0.347. The molecule has 0 aliphatic carbocycles. The number of aromatic nitrogens is 1. The fourth-order valence-electron chi connectivity index (χ4n) is 3.21. The zero-order valence-corrected chi connectivity index (χ0v) is 18.6. The number of likely N-dealkylation sites (tertiary alicyclic amines) is 1. The predicted molar refractivity (Wildman–Crippen MR) is 117 cm³/mol. The molecule has 166 valence electrons. The molecule has 3 rings (SSSR count). The fourth-order valence-corrected chi connectivity index (χ4v) is 4.98. The Morgan fingerprint density at radius 1 is 1.23 bits per heavy atom. The van der Waals surface area contributed by atoms with Crippen LogP contribution in [0.5, 0.6) is 0 Å². The maximum Gasteiger partial charge on any atom is 0.325 e. The van der Waals surface area contributed by atoms with E-state index in [9.17, 15) is 24.5 Å². The second-order valence-electron chi connectivity index (χ2n) is 6.90. The molecule has 1 saturated heterocycles. The zero-order chi connectivity index (χ0) is 22.4. The average molecular weight is 467 g/mol. The number of hydrogen-bond acceptors (Lipinski definition) is 8. The average Bonchev–Trinajstić information content (AvgIpc) is 3.09. The number of esters is 1. The van der Waals surface area contributed by atoms with Gasteiger partial charge in [-0.15, -0.1) is 11.8 Å². The summed E-state index contributed by atoms with van der Waals surface area (Å²) < 4.78 is 6.73. The summed E-state index contributed by atoms with van der Waals surface area (Å²) in [6, 6.07) is 4.22. The van der Waals surface area contributed by atoms with Crippen LogP contribution in [0.4, 0.5) is 5.69 Å². The summed E-state index contributed by atoms with van der Waals surface area (Å²) in [4.78, 5) is 53.1. The molecule has 0 radical (unpaired) electrons. The molecule has 0 atom stereocenters. The molecule has 2 heterocycles. The molecule has 2 aromatic rings. The zero-order valence-electron chi connectivity index (χ0n) is 16.9. The Kier molecular flexibility index (Phi) is 7.80. The topological polar surface area (TPSA) is 124 Å². The number of thiazole rings is 1. The van der Waals surface area contributed by atoms with E-state index in [1.807, 2.05) is 4.90 Å². The second kappa shape index (κ2) is 10.5. The molecule has 31 heavy (non-hydrogen) atoms. The van der Waals surface area contributed by atoms with E-state index in [1.54, 1.807) is 0 Å². The number of carbonyl (C=O) groups excluding carboxylic acids is 3.